The normalized spacial score (nSPS) is 14.3. The minimum Gasteiger partial charge on any atom is -0.476 e. The van der Waals surface area contributed by atoms with E-state index in [1.807, 2.05) is 0 Å². The van der Waals surface area contributed by atoms with E-state index >= 15 is 0 Å². The molecule has 2 aromatic rings. The lowest BCUT2D eigenvalue weighted by molar-refractivity contribution is 0.0690. The van der Waals surface area contributed by atoms with Gasteiger partial charge in [-0.1, -0.05) is 6.07 Å². The van der Waals surface area contributed by atoms with Crippen LogP contribution < -0.4 is 5.32 Å². The van der Waals surface area contributed by atoms with E-state index in [-0.39, 0.29) is 23.2 Å². The molecule has 0 bridgehead atoms. The molecule has 0 spiro atoms. The molecule has 144 valence electrons. The molecule has 1 aromatic heterocycles. The third kappa shape index (κ3) is 4.77. The van der Waals surface area contributed by atoms with Gasteiger partial charge in [-0.15, -0.1) is 0 Å². The van der Waals surface area contributed by atoms with Gasteiger partial charge in [0.15, 0.2) is 5.69 Å². The fourth-order valence-corrected chi connectivity index (χ4v) is 4.36. The van der Waals surface area contributed by atoms with Crippen molar-refractivity contribution in [1.29, 1.82) is 0 Å². The molecule has 1 heterocycles. The van der Waals surface area contributed by atoms with Gasteiger partial charge in [-0.25, -0.2) is 27.6 Å². The summed E-state index contributed by atoms with van der Waals surface area (Å²) in [6.45, 7) is 0.722. The summed E-state index contributed by atoms with van der Waals surface area (Å²) in [6, 6.07) is 4.97. The maximum Gasteiger partial charge on any atom is 0.356 e. The first kappa shape index (κ1) is 19.2. The van der Waals surface area contributed by atoms with Crippen molar-refractivity contribution in [1.82, 2.24) is 14.3 Å². The van der Waals surface area contributed by atoms with E-state index in [4.69, 9.17) is 5.11 Å². The smallest absolute Gasteiger partial charge is 0.356 e. The van der Waals surface area contributed by atoms with E-state index in [0.29, 0.717) is 18.8 Å². The number of nitrogens with one attached hydrogen (secondary N) is 1. The summed E-state index contributed by atoms with van der Waals surface area (Å²) in [5.74, 6) is -1.33. The highest BCUT2D eigenvalue weighted by Gasteiger charge is 2.37. The number of rotatable bonds is 9. The van der Waals surface area contributed by atoms with Gasteiger partial charge in [0.05, 0.1) is 17.3 Å². The SMILES string of the molecule is O=C(O)c1cnc(NCCCN(C2CC2)S(=O)(=O)c2cccc(F)c2)cn1. The summed E-state index contributed by atoms with van der Waals surface area (Å²) in [6.07, 6.45) is 4.56. The molecule has 8 nitrogen and oxygen atoms in total. The van der Waals surface area contributed by atoms with Crippen LogP contribution in [0.5, 0.6) is 0 Å². The van der Waals surface area contributed by atoms with Crippen molar-refractivity contribution in [2.24, 2.45) is 0 Å². The summed E-state index contributed by atoms with van der Waals surface area (Å²) < 4.78 is 40.4. The first-order valence-corrected chi connectivity index (χ1v) is 9.88. The van der Waals surface area contributed by atoms with Crippen molar-refractivity contribution in [3.63, 3.8) is 0 Å². The summed E-state index contributed by atoms with van der Waals surface area (Å²) in [5, 5.41) is 11.8. The Morgan fingerprint density at radius 3 is 2.67 bits per heavy atom. The van der Waals surface area contributed by atoms with Crippen molar-refractivity contribution >= 4 is 21.8 Å². The Labute approximate surface area is 156 Å². The molecule has 0 atom stereocenters. The van der Waals surface area contributed by atoms with Crippen LogP contribution in [0.3, 0.4) is 0 Å². The van der Waals surface area contributed by atoms with E-state index in [9.17, 15) is 17.6 Å². The number of sulfonamides is 1. The van der Waals surface area contributed by atoms with E-state index < -0.39 is 21.8 Å². The fourth-order valence-electron chi connectivity index (χ4n) is 2.61. The van der Waals surface area contributed by atoms with E-state index in [1.165, 1.54) is 28.7 Å². The molecule has 0 unspecified atom stereocenters. The zero-order chi connectivity index (χ0) is 19.4. The summed E-state index contributed by atoms with van der Waals surface area (Å²) in [5.41, 5.74) is -0.151. The number of hydrogen-bond donors (Lipinski definition) is 2. The van der Waals surface area contributed by atoms with Crippen LogP contribution in [-0.4, -0.2) is 52.9 Å². The van der Waals surface area contributed by atoms with E-state index in [1.54, 1.807) is 0 Å². The second-order valence-electron chi connectivity index (χ2n) is 6.18. The molecule has 0 saturated heterocycles. The van der Waals surface area contributed by atoms with Crippen molar-refractivity contribution in [2.75, 3.05) is 18.4 Å². The quantitative estimate of drug-likeness (QED) is 0.625. The molecule has 2 N–H and O–H groups in total. The molecule has 0 amide bonds. The Morgan fingerprint density at radius 1 is 1.30 bits per heavy atom. The van der Waals surface area contributed by atoms with Gasteiger partial charge >= 0.3 is 5.97 Å². The number of aromatic nitrogens is 2. The van der Waals surface area contributed by atoms with Crippen LogP contribution in [0, 0.1) is 5.82 Å². The highest BCUT2D eigenvalue weighted by Crippen LogP contribution is 2.32. The van der Waals surface area contributed by atoms with Crippen molar-refractivity contribution in [3.05, 3.63) is 48.2 Å². The van der Waals surface area contributed by atoms with Gasteiger partial charge in [0, 0.05) is 19.1 Å². The number of aromatic carboxylic acids is 1. The topological polar surface area (TPSA) is 112 Å². The largest absolute Gasteiger partial charge is 0.476 e. The third-order valence-electron chi connectivity index (χ3n) is 4.09. The van der Waals surface area contributed by atoms with Crippen LogP contribution in [0.2, 0.25) is 0 Å². The van der Waals surface area contributed by atoms with Crippen molar-refractivity contribution < 1.29 is 22.7 Å². The third-order valence-corrected chi connectivity index (χ3v) is 6.04. The molecule has 1 aliphatic rings. The van der Waals surface area contributed by atoms with Crippen LogP contribution in [0.4, 0.5) is 10.2 Å². The highest BCUT2D eigenvalue weighted by molar-refractivity contribution is 7.89. The van der Waals surface area contributed by atoms with E-state index in [2.05, 4.69) is 15.3 Å². The van der Waals surface area contributed by atoms with E-state index in [0.717, 1.165) is 25.1 Å². The van der Waals surface area contributed by atoms with Gasteiger partial charge in [-0.3, -0.25) is 0 Å². The van der Waals surface area contributed by atoms with Gasteiger partial charge in [0.2, 0.25) is 10.0 Å². The van der Waals surface area contributed by atoms with Gasteiger partial charge in [-0.05, 0) is 37.5 Å². The van der Waals surface area contributed by atoms with Crippen molar-refractivity contribution in [2.45, 2.75) is 30.2 Å². The minimum atomic E-state index is -3.75. The molecule has 1 saturated carbocycles. The minimum absolute atomic E-state index is 0.0440. The molecule has 1 aromatic carbocycles. The average molecular weight is 394 g/mol. The molecule has 27 heavy (non-hydrogen) atoms. The van der Waals surface area contributed by atoms with Crippen LogP contribution in [-0.2, 0) is 10.0 Å². The Bertz CT molecular complexity index is 917. The monoisotopic (exact) mass is 394 g/mol. The molecular formula is C17H19FN4O4S. The second-order valence-corrected chi connectivity index (χ2v) is 8.07. The number of hydrogen-bond acceptors (Lipinski definition) is 6. The number of halogens is 1. The number of carboxylic acids is 1. The number of anilines is 1. The Balaban J connectivity index is 1.58. The molecule has 1 aliphatic carbocycles. The zero-order valence-electron chi connectivity index (χ0n) is 14.4. The predicted molar refractivity (Wildman–Crippen MR) is 95.4 cm³/mol. The molecule has 10 heteroatoms. The molecule has 3 rings (SSSR count). The summed E-state index contributed by atoms with van der Waals surface area (Å²) >= 11 is 0. The van der Waals surface area contributed by atoms with Crippen LogP contribution in [0.15, 0.2) is 41.6 Å². The van der Waals surface area contributed by atoms with Gasteiger partial charge in [0.1, 0.15) is 11.6 Å². The summed E-state index contributed by atoms with van der Waals surface area (Å²) in [7, 11) is -3.75. The standard InChI is InChI=1S/C17H19FN4O4S/c18-12-3-1-4-14(9-12)27(25,26)22(13-5-6-13)8-2-7-19-16-11-20-15(10-21-16)17(23)24/h1,3-4,9-11,13H,2,5-8H2,(H,19,21)(H,23,24). The maximum absolute atomic E-state index is 13.4. The van der Waals surface area contributed by atoms with Crippen LogP contribution in [0.25, 0.3) is 0 Å². The zero-order valence-corrected chi connectivity index (χ0v) is 15.2. The number of carboxylic acid groups (broad SMARTS) is 1. The number of carbonyl (C=O) groups is 1. The first-order valence-electron chi connectivity index (χ1n) is 8.44. The van der Waals surface area contributed by atoms with Crippen LogP contribution in [0.1, 0.15) is 29.8 Å². The fraction of sp³-hybridized carbons (Fsp3) is 0.353. The van der Waals surface area contributed by atoms with Gasteiger partial charge in [0.25, 0.3) is 0 Å². The highest BCUT2D eigenvalue weighted by atomic mass is 32.2. The van der Waals surface area contributed by atoms with Crippen molar-refractivity contribution in [3.8, 4) is 0 Å². The molecule has 0 radical (unpaired) electrons. The molecular weight excluding hydrogens is 375 g/mol. The number of benzene rings is 1. The molecule has 0 aliphatic heterocycles. The number of nitrogens with zero attached hydrogens (tertiary/aromatic N) is 3. The molecule has 1 fully saturated rings. The second kappa shape index (κ2) is 7.97. The van der Waals surface area contributed by atoms with Gasteiger partial charge in [-0.2, -0.15) is 4.31 Å². The lowest BCUT2D eigenvalue weighted by Crippen LogP contribution is -2.34. The predicted octanol–water partition coefficient (Wildman–Crippen LogP) is 1.97. The summed E-state index contributed by atoms with van der Waals surface area (Å²) in [4.78, 5) is 18.4. The lowest BCUT2D eigenvalue weighted by atomic mass is 10.4. The first-order chi connectivity index (χ1) is 12.9. The Kier molecular flexibility index (Phi) is 5.66. The lowest BCUT2D eigenvalue weighted by Gasteiger charge is -2.22. The Hall–Kier alpha value is -2.59. The maximum atomic E-state index is 13.4. The average Bonchev–Trinajstić information content (AvgIpc) is 3.46. The van der Waals surface area contributed by atoms with Crippen LogP contribution >= 0.6 is 0 Å². The Morgan fingerprint density at radius 2 is 2.07 bits per heavy atom. The van der Waals surface area contributed by atoms with Gasteiger partial charge < -0.3 is 10.4 Å².